The van der Waals surface area contributed by atoms with Gasteiger partial charge in [-0.3, -0.25) is 5.32 Å². The second kappa shape index (κ2) is 4.02. The summed E-state index contributed by atoms with van der Waals surface area (Å²) in [5.41, 5.74) is 0.171. The van der Waals surface area contributed by atoms with Crippen molar-refractivity contribution in [2.24, 2.45) is 0 Å². The van der Waals surface area contributed by atoms with E-state index in [4.69, 9.17) is 0 Å². The number of benzene rings is 1. The molecule has 0 aromatic heterocycles. The van der Waals surface area contributed by atoms with Gasteiger partial charge in [-0.15, -0.1) is 0 Å². The molecule has 0 amide bonds. The van der Waals surface area contributed by atoms with Gasteiger partial charge in [-0.2, -0.15) is 13.2 Å². The largest absolute Gasteiger partial charge is 0.410 e. The molecule has 1 fully saturated rings. The van der Waals surface area contributed by atoms with Gasteiger partial charge in [-0.1, -0.05) is 18.2 Å². The molecule has 94 valence electrons. The second-order valence-corrected chi connectivity index (χ2v) is 4.68. The van der Waals surface area contributed by atoms with E-state index in [9.17, 15) is 13.2 Å². The highest BCUT2D eigenvalue weighted by Crippen LogP contribution is 2.46. The summed E-state index contributed by atoms with van der Waals surface area (Å²) in [6.07, 6.45) is -3.56. The van der Waals surface area contributed by atoms with Crippen molar-refractivity contribution in [2.75, 3.05) is 6.54 Å². The first-order valence-electron chi connectivity index (χ1n) is 5.77. The third kappa shape index (κ3) is 1.84. The quantitative estimate of drug-likeness (QED) is 0.796. The molecule has 1 heterocycles. The fraction of sp³-hybridized carbons (Fsp3) is 0.538. The number of aryl methyl sites for hydroxylation is 1. The van der Waals surface area contributed by atoms with E-state index in [0.29, 0.717) is 18.5 Å². The number of hydrogen-bond acceptors (Lipinski definition) is 1. The summed E-state index contributed by atoms with van der Waals surface area (Å²) in [7, 11) is 0. The van der Waals surface area contributed by atoms with Gasteiger partial charge >= 0.3 is 6.18 Å². The Balaban J connectivity index is 2.58. The van der Waals surface area contributed by atoms with Crippen LogP contribution in [0.5, 0.6) is 0 Å². The third-order valence-corrected chi connectivity index (χ3v) is 3.70. The zero-order valence-electron chi connectivity index (χ0n) is 9.99. The molecule has 0 bridgehead atoms. The van der Waals surface area contributed by atoms with Crippen molar-refractivity contribution in [1.82, 2.24) is 5.32 Å². The van der Waals surface area contributed by atoms with Crippen LogP contribution in [0.25, 0.3) is 0 Å². The van der Waals surface area contributed by atoms with Gasteiger partial charge < -0.3 is 0 Å². The van der Waals surface area contributed by atoms with Crippen molar-refractivity contribution in [1.29, 1.82) is 0 Å². The van der Waals surface area contributed by atoms with E-state index in [1.165, 1.54) is 0 Å². The molecule has 0 radical (unpaired) electrons. The predicted octanol–water partition coefficient (Wildman–Crippen LogP) is 3.44. The molecule has 2 rings (SSSR count). The van der Waals surface area contributed by atoms with Crippen LogP contribution >= 0.6 is 0 Å². The summed E-state index contributed by atoms with van der Waals surface area (Å²) in [5.74, 6) is 0. The molecule has 0 saturated carbocycles. The first kappa shape index (κ1) is 12.4. The summed E-state index contributed by atoms with van der Waals surface area (Å²) < 4.78 is 40.1. The maximum Gasteiger partial charge on any atom is 0.410 e. The Bertz CT molecular complexity index is 417. The fourth-order valence-corrected chi connectivity index (χ4v) is 2.58. The van der Waals surface area contributed by atoms with Crippen molar-refractivity contribution in [3.8, 4) is 0 Å². The molecule has 1 saturated heterocycles. The second-order valence-electron chi connectivity index (χ2n) is 4.68. The lowest BCUT2D eigenvalue weighted by atomic mass is 9.83. The zero-order chi connectivity index (χ0) is 12.7. The molecular formula is C13H16F3N. The van der Waals surface area contributed by atoms with Gasteiger partial charge in [0.05, 0.1) is 0 Å². The minimum atomic E-state index is -4.25. The normalized spacial score (nSPS) is 25.2. The van der Waals surface area contributed by atoms with E-state index in [-0.39, 0.29) is 6.42 Å². The molecule has 1 aliphatic heterocycles. The van der Waals surface area contributed by atoms with Crippen LogP contribution in [0.1, 0.15) is 29.5 Å². The molecule has 0 spiro atoms. The predicted molar refractivity (Wildman–Crippen MR) is 60.9 cm³/mol. The minimum absolute atomic E-state index is 0.126. The Kier molecular flexibility index (Phi) is 2.94. The molecule has 1 nitrogen and oxygen atoms in total. The first-order valence-corrected chi connectivity index (χ1v) is 5.77. The number of hydrogen-bond donors (Lipinski definition) is 1. The number of alkyl halides is 3. The average molecular weight is 243 g/mol. The van der Waals surface area contributed by atoms with Crippen molar-refractivity contribution >= 4 is 0 Å². The molecule has 1 aliphatic rings. The molecule has 1 aromatic rings. The summed E-state index contributed by atoms with van der Waals surface area (Å²) in [5, 5.41) is 2.67. The maximum atomic E-state index is 13.4. The highest BCUT2D eigenvalue weighted by Gasteiger charge is 2.57. The number of rotatable bonds is 1. The van der Waals surface area contributed by atoms with Gasteiger partial charge in [0.15, 0.2) is 0 Å². The Morgan fingerprint density at radius 1 is 1.24 bits per heavy atom. The van der Waals surface area contributed by atoms with Crippen molar-refractivity contribution in [3.05, 3.63) is 34.9 Å². The van der Waals surface area contributed by atoms with Crippen molar-refractivity contribution < 1.29 is 13.2 Å². The van der Waals surface area contributed by atoms with Gasteiger partial charge in [0.1, 0.15) is 5.54 Å². The topological polar surface area (TPSA) is 12.0 Å². The molecule has 1 N–H and O–H groups in total. The van der Waals surface area contributed by atoms with Crippen LogP contribution in [0.4, 0.5) is 13.2 Å². The Morgan fingerprint density at radius 2 is 1.94 bits per heavy atom. The lowest BCUT2D eigenvalue weighted by Gasteiger charge is -2.34. The molecule has 17 heavy (non-hydrogen) atoms. The van der Waals surface area contributed by atoms with Crippen LogP contribution in [-0.4, -0.2) is 12.7 Å². The minimum Gasteiger partial charge on any atom is -0.300 e. The lowest BCUT2D eigenvalue weighted by Crippen LogP contribution is -2.50. The van der Waals surface area contributed by atoms with Crippen molar-refractivity contribution in [2.45, 2.75) is 38.4 Å². The van der Waals surface area contributed by atoms with Crippen LogP contribution < -0.4 is 5.32 Å². The Morgan fingerprint density at radius 3 is 2.47 bits per heavy atom. The van der Waals surface area contributed by atoms with Crippen LogP contribution in [0.2, 0.25) is 0 Å². The smallest absolute Gasteiger partial charge is 0.300 e. The SMILES string of the molecule is Cc1cccc([C@]2(C(F)(F)F)CCCN2)c1C. The van der Waals surface area contributed by atoms with E-state index in [2.05, 4.69) is 5.32 Å². The summed E-state index contributed by atoms with van der Waals surface area (Å²) in [4.78, 5) is 0. The monoisotopic (exact) mass is 243 g/mol. The first-order chi connectivity index (χ1) is 7.88. The van der Waals surface area contributed by atoms with Gasteiger partial charge in [0.25, 0.3) is 0 Å². The van der Waals surface area contributed by atoms with E-state index in [0.717, 1.165) is 11.1 Å². The molecule has 0 aliphatic carbocycles. The molecule has 1 aromatic carbocycles. The van der Waals surface area contributed by atoms with Crippen LogP contribution in [0.3, 0.4) is 0 Å². The zero-order valence-corrected chi connectivity index (χ0v) is 9.99. The molecule has 4 heteroatoms. The third-order valence-electron chi connectivity index (χ3n) is 3.70. The van der Waals surface area contributed by atoms with Crippen LogP contribution in [0.15, 0.2) is 18.2 Å². The van der Waals surface area contributed by atoms with Crippen molar-refractivity contribution in [3.63, 3.8) is 0 Å². The van der Waals surface area contributed by atoms with Gasteiger partial charge in [-0.05, 0) is 49.9 Å². The Labute approximate surface area is 99.0 Å². The summed E-state index contributed by atoms with van der Waals surface area (Å²) >= 11 is 0. The van der Waals surface area contributed by atoms with Gasteiger partial charge in [0.2, 0.25) is 0 Å². The summed E-state index contributed by atoms with van der Waals surface area (Å²) in [6.45, 7) is 4.03. The van der Waals surface area contributed by atoms with Gasteiger partial charge in [-0.25, -0.2) is 0 Å². The van der Waals surface area contributed by atoms with E-state index in [1.54, 1.807) is 19.1 Å². The fourth-order valence-electron chi connectivity index (χ4n) is 2.58. The highest BCUT2D eigenvalue weighted by atomic mass is 19.4. The number of nitrogens with one attached hydrogen (secondary N) is 1. The standard InChI is InChI=1S/C13H16F3N/c1-9-5-3-6-11(10(9)2)12(13(14,15)16)7-4-8-17-12/h3,5-6,17H,4,7-8H2,1-2H3/t12-/m0/s1. The maximum absolute atomic E-state index is 13.4. The van der Waals surface area contributed by atoms with E-state index >= 15 is 0 Å². The Hall–Kier alpha value is -1.03. The van der Waals surface area contributed by atoms with E-state index < -0.39 is 11.7 Å². The lowest BCUT2D eigenvalue weighted by molar-refractivity contribution is -0.196. The van der Waals surface area contributed by atoms with Crippen LogP contribution in [0, 0.1) is 13.8 Å². The highest BCUT2D eigenvalue weighted by molar-refractivity contribution is 5.40. The summed E-state index contributed by atoms with van der Waals surface area (Å²) in [6, 6.07) is 5.14. The molecule has 1 atom stereocenters. The number of halogens is 3. The van der Waals surface area contributed by atoms with E-state index in [1.807, 2.05) is 13.0 Å². The van der Waals surface area contributed by atoms with Gasteiger partial charge in [0, 0.05) is 0 Å². The van der Waals surface area contributed by atoms with Crippen LogP contribution in [-0.2, 0) is 5.54 Å². The average Bonchev–Trinajstić information content (AvgIpc) is 2.71. The molecular weight excluding hydrogens is 227 g/mol. The molecule has 0 unspecified atom stereocenters.